The van der Waals surface area contributed by atoms with Crippen LogP contribution < -0.4 is 0 Å². The van der Waals surface area contributed by atoms with Crippen molar-refractivity contribution in [3.63, 3.8) is 0 Å². The second kappa shape index (κ2) is 11.9. The summed E-state index contributed by atoms with van der Waals surface area (Å²) in [6, 6.07) is 55.6. The number of fused-ring (bicyclic) bond motifs is 7. The molecule has 10 rings (SSSR count). The summed E-state index contributed by atoms with van der Waals surface area (Å²) in [6.07, 6.45) is 2.20. The highest BCUT2D eigenvalue weighted by Gasteiger charge is 2.19. The molecule has 0 unspecified atom stereocenters. The van der Waals surface area contributed by atoms with Crippen LogP contribution in [0.4, 0.5) is 0 Å². The first-order chi connectivity index (χ1) is 25.6. The molecular formula is C47H33N5. The molecule has 5 heteroatoms. The molecule has 3 aromatic heterocycles. The van der Waals surface area contributed by atoms with Crippen molar-refractivity contribution in [1.29, 1.82) is 0 Å². The molecule has 0 saturated heterocycles. The van der Waals surface area contributed by atoms with E-state index in [0.717, 1.165) is 39.0 Å². The van der Waals surface area contributed by atoms with E-state index in [4.69, 9.17) is 15.0 Å². The Labute approximate surface area is 301 Å². The molecule has 10 aromatic rings. The first kappa shape index (κ1) is 30.0. The summed E-state index contributed by atoms with van der Waals surface area (Å²) in [4.78, 5) is 15.0. The molecule has 7 aromatic carbocycles. The van der Waals surface area contributed by atoms with Crippen LogP contribution in [0.15, 0.2) is 164 Å². The first-order valence-electron chi connectivity index (χ1n) is 17.6. The zero-order chi connectivity index (χ0) is 34.8. The highest BCUT2D eigenvalue weighted by Crippen LogP contribution is 2.40. The molecule has 0 N–H and O–H groups in total. The lowest BCUT2D eigenvalue weighted by atomic mass is 10.0. The van der Waals surface area contributed by atoms with Crippen LogP contribution in [0.3, 0.4) is 0 Å². The van der Waals surface area contributed by atoms with Gasteiger partial charge in [0.2, 0.25) is 0 Å². The molecule has 0 amide bonds. The normalized spacial score (nSPS) is 11.7. The van der Waals surface area contributed by atoms with E-state index >= 15 is 0 Å². The molecule has 0 bridgehead atoms. The topological polar surface area (TPSA) is 48.5 Å². The summed E-state index contributed by atoms with van der Waals surface area (Å²) in [6.45, 7) is 4.32. The molecule has 0 fully saturated rings. The van der Waals surface area contributed by atoms with Crippen molar-refractivity contribution in [1.82, 2.24) is 24.1 Å². The molecule has 0 atom stereocenters. The summed E-state index contributed by atoms with van der Waals surface area (Å²) in [5, 5.41) is 6.16. The van der Waals surface area contributed by atoms with Crippen LogP contribution in [0, 0.1) is 13.8 Å². The lowest BCUT2D eigenvalue weighted by Gasteiger charge is -2.14. The summed E-state index contributed by atoms with van der Waals surface area (Å²) >= 11 is 0. The van der Waals surface area contributed by atoms with Gasteiger partial charge in [0.1, 0.15) is 0 Å². The van der Waals surface area contributed by atoms with Gasteiger partial charge in [-0.1, -0.05) is 115 Å². The van der Waals surface area contributed by atoms with E-state index in [-0.39, 0.29) is 0 Å². The van der Waals surface area contributed by atoms with Crippen LogP contribution in [-0.2, 0) is 0 Å². The van der Waals surface area contributed by atoms with Gasteiger partial charge in [-0.15, -0.1) is 0 Å². The summed E-state index contributed by atoms with van der Waals surface area (Å²) < 4.78 is 4.73. The molecule has 3 heterocycles. The molecule has 0 radical (unpaired) electrons. The molecule has 0 saturated carbocycles. The maximum atomic E-state index is 5.06. The monoisotopic (exact) mass is 667 g/mol. The Balaban J connectivity index is 1.21. The molecule has 246 valence electrons. The number of benzene rings is 7. The van der Waals surface area contributed by atoms with E-state index in [2.05, 4.69) is 126 Å². The largest absolute Gasteiger partial charge is 0.316 e. The van der Waals surface area contributed by atoms with Crippen LogP contribution in [0.25, 0.3) is 89.0 Å². The smallest absolute Gasteiger partial charge is 0.164 e. The standard InChI is InChI=1S/C47H33N5/c1-30-27-35(47-49-45(33-14-5-3-6-15-33)48-46(50-47)34-16-7-4-8-17-34)29-36(28-30)52-41-20-12-10-18-39(41)43-37-22-21-32-25-26-51(40-19-11-9-13-31(40)2)44(32)38(37)23-24-42(43)52/h3-29H,1-2H3. The van der Waals surface area contributed by atoms with Crippen molar-refractivity contribution < 1.29 is 0 Å². The van der Waals surface area contributed by atoms with Crippen LogP contribution in [0.5, 0.6) is 0 Å². The number of para-hydroxylation sites is 2. The Kier molecular flexibility index (Phi) is 6.86. The van der Waals surface area contributed by atoms with Gasteiger partial charge >= 0.3 is 0 Å². The zero-order valence-electron chi connectivity index (χ0n) is 28.8. The number of hydrogen-bond donors (Lipinski definition) is 0. The number of aromatic nitrogens is 5. The Bertz CT molecular complexity index is 2920. The fourth-order valence-electron chi connectivity index (χ4n) is 7.78. The van der Waals surface area contributed by atoms with Gasteiger partial charge in [-0.2, -0.15) is 0 Å². The Morgan fingerprint density at radius 2 is 1.10 bits per heavy atom. The van der Waals surface area contributed by atoms with Crippen LogP contribution in [-0.4, -0.2) is 24.1 Å². The predicted octanol–water partition coefficient (Wildman–Crippen LogP) is 11.7. The van der Waals surface area contributed by atoms with E-state index in [1.165, 1.54) is 43.7 Å². The van der Waals surface area contributed by atoms with Crippen LogP contribution in [0.2, 0.25) is 0 Å². The molecule has 52 heavy (non-hydrogen) atoms. The summed E-state index contributed by atoms with van der Waals surface area (Å²) in [5.74, 6) is 1.94. The summed E-state index contributed by atoms with van der Waals surface area (Å²) in [5.41, 5.74) is 11.0. The maximum Gasteiger partial charge on any atom is 0.164 e. The van der Waals surface area contributed by atoms with Crippen molar-refractivity contribution in [3.8, 4) is 45.5 Å². The van der Waals surface area contributed by atoms with E-state index in [9.17, 15) is 0 Å². The quantitative estimate of drug-likeness (QED) is 0.184. The fraction of sp³-hybridized carbons (Fsp3) is 0.0426. The number of aryl methyl sites for hydroxylation is 2. The summed E-state index contributed by atoms with van der Waals surface area (Å²) in [7, 11) is 0. The number of rotatable bonds is 5. The van der Waals surface area contributed by atoms with E-state index in [0.29, 0.717) is 17.5 Å². The van der Waals surface area contributed by atoms with Gasteiger partial charge in [0.25, 0.3) is 0 Å². The third kappa shape index (κ3) is 4.82. The average molecular weight is 668 g/mol. The van der Waals surface area contributed by atoms with Crippen LogP contribution in [0.1, 0.15) is 11.1 Å². The van der Waals surface area contributed by atoms with E-state index < -0.39 is 0 Å². The molecule has 0 aliphatic heterocycles. The molecular weight excluding hydrogens is 635 g/mol. The van der Waals surface area contributed by atoms with E-state index in [1.807, 2.05) is 60.7 Å². The second-order valence-corrected chi connectivity index (χ2v) is 13.5. The first-order valence-corrected chi connectivity index (χ1v) is 17.6. The Morgan fingerprint density at radius 3 is 1.83 bits per heavy atom. The number of hydrogen-bond acceptors (Lipinski definition) is 3. The minimum atomic E-state index is 0.642. The Hall–Kier alpha value is -6.85. The highest BCUT2D eigenvalue weighted by atomic mass is 15.0. The zero-order valence-corrected chi connectivity index (χ0v) is 28.8. The molecule has 0 spiro atoms. The highest BCUT2D eigenvalue weighted by molar-refractivity contribution is 6.25. The fourth-order valence-corrected chi connectivity index (χ4v) is 7.78. The van der Waals surface area contributed by atoms with Crippen molar-refractivity contribution in [3.05, 3.63) is 175 Å². The lowest BCUT2D eigenvalue weighted by Crippen LogP contribution is -2.01. The molecule has 0 aliphatic carbocycles. The second-order valence-electron chi connectivity index (χ2n) is 13.5. The van der Waals surface area contributed by atoms with E-state index in [1.54, 1.807) is 0 Å². The van der Waals surface area contributed by atoms with Crippen molar-refractivity contribution in [2.75, 3.05) is 0 Å². The lowest BCUT2D eigenvalue weighted by molar-refractivity contribution is 1.07. The van der Waals surface area contributed by atoms with Gasteiger partial charge in [-0.25, -0.2) is 15.0 Å². The van der Waals surface area contributed by atoms with Crippen molar-refractivity contribution >= 4 is 43.5 Å². The number of nitrogens with zero attached hydrogens (tertiary/aromatic N) is 5. The van der Waals surface area contributed by atoms with Gasteiger partial charge < -0.3 is 9.13 Å². The van der Waals surface area contributed by atoms with Crippen molar-refractivity contribution in [2.24, 2.45) is 0 Å². The maximum absolute atomic E-state index is 5.06. The van der Waals surface area contributed by atoms with Gasteiger partial charge in [0.05, 0.1) is 16.6 Å². The third-order valence-electron chi connectivity index (χ3n) is 10.1. The molecule has 5 nitrogen and oxygen atoms in total. The minimum absolute atomic E-state index is 0.642. The molecule has 0 aliphatic rings. The Morgan fingerprint density at radius 1 is 0.462 bits per heavy atom. The van der Waals surface area contributed by atoms with Gasteiger partial charge in [0.15, 0.2) is 17.5 Å². The third-order valence-corrected chi connectivity index (χ3v) is 10.1. The minimum Gasteiger partial charge on any atom is -0.316 e. The van der Waals surface area contributed by atoms with Crippen LogP contribution >= 0.6 is 0 Å². The van der Waals surface area contributed by atoms with Gasteiger partial charge in [-0.05, 0) is 72.8 Å². The predicted molar refractivity (Wildman–Crippen MR) is 214 cm³/mol. The van der Waals surface area contributed by atoms with Gasteiger partial charge in [0, 0.05) is 55.8 Å². The van der Waals surface area contributed by atoms with Gasteiger partial charge in [-0.3, -0.25) is 0 Å². The van der Waals surface area contributed by atoms with Crippen molar-refractivity contribution in [2.45, 2.75) is 13.8 Å². The SMILES string of the molecule is Cc1cc(-c2nc(-c3ccccc3)nc(-c3ccccc3)n2)cc(-n2c3ccccc3c3c4ccc5ccn(-c6ccccc6C)c5c4ccc32)c1. The average Bonchev–Trinajstić information content (AvgIpc) is 3.78.